The number of nitrogens with zero attached hydrogens (tertiary/aromatic N) is 1. The molecule has 0 saturated carbocycles. The summed E-state index contributed by atoms with van der Waals surface area (Å²) in [6.07, 6.45) is -0.549. The zero-order chi connectivity index (χ0) is 14.3. The van der Waals surface area contributed by atoms with Gasteiger partial charge in [0.2, 0.25) is 0 Å². The summed E-state index contributed by atoms with van der Waals surface area (Å²) in [5, 5.41) is 9.33. The van der Waals surface area contributed by atoms with Crippen LogP contribution in [0.5, 0.6) is 0 Å². The monoisotopic (exact) mass is 257 g/mol. The molecule has 0 radical (unpaired) electrons. The van der Waals surface area contributed by atoms with E-state index in [1.165, 1.54) is 4.90 Å². The number of ether oxygens (including phenoxy) is 1. The first kappa shape index (κ1) is 14.8. The van der Waals surface area contributed by atoms with Crippen LogP contribution in [0.4, 0.5) is 4.79 Å². The second kappa shape index (κ2) is 4.44. The van der Waals surface area contributed by atoms with Crippen molar-refractivity contribution in [2.24, 2.45) is 11.3 Å². The second-order valence-corrected chi connectivity index (χ2v) is 6.60. The Morgan fingerprint density at radius 3 is 2.22 bits per heavy atom. The predicted molar refractivity (Wildman–Crippen MR) is 67.3 cm³/mol. The highest BCUT2D eigenvalue weighted by molar-refractivity contribution is 5.82. The summed E-state index contributed by atoms with van der Waals surface area (Å²) in [5.41, 5.74) is -1.07. The SMILES string of the molecule is CC1CN(C(=O)OC(C)(C)C)C(C(=O)O)C1(C)C. The quantitative estimate of drug-likeness (QED) is 0.783. The summed E-state index contributed by atoms with van der Waals surface area (Å²) in [5.74, 6) is -0.860. The second-order valence-electron chi connectivity index (χ2n) is 6.60. The summed E-state index contributed by atoms with van der Waals surface area (Å²) >= 11 is 0. The minimum absolute atomic E-state index is 0.117. The van der Waals surface area contributed by atoms with Crippen LogP contribution in [0.2, 0.25) is 0 Å². The van der Waals surface area contributed by atoms with Gasteiger partial charge in [-0.25, -0.2) is 9.59 Å². The number of amides is 1. The number of likely N-dealkylation sites (tertiary alicyclic amines) is 1. The number of carbonyl (C=O) groups is 2. The molecular formula is C13H23NO4. The topological polar surface area (TPSA) is 66.8 Å². The largest absolute Gasteiger partial charge is 0.480 e. The van der Waals surface area contributed by atoms with E-state index >= 15 is 0 Å². The molecule has 1 saturated heterocycles. The molecule has 1 amide bonds. The molecule has 1 heterocycles. The van der Waals surface area contributed by atoms with Gasteiger partial charge < -0.3 is 9.84 Å². The van der Waals surface area contributed by atoms with Gasteiger partial charge in [-0.1, -0.05) is 20.8 Å². The van der Waals surface area contributed by atoms with Crippen LogP contribution >= 0.6 is 0 Å². The molecule has 18 heavy (non-hydrogen) atoms. The van der Waals surface area contributed by atoms with Crippen LogP contribution in [0, 0.1) is 11.3 Å². The van der Waals surface area contributed by atoms with Gasteiger partial charge in [-0.05, 0) is 26.7 Å². The van der Waals surface area contributed by atoms with Crippen molar-refractivity contribution >= 4 is 12.1 Å². The Bertz CT molecular complexity index is 356. The Kier molecular flexibility index (Phi) is 3.65. The minimum Gasteiger partial charge on any atom is -0.480 e. The van der Waals surface area contributed by atoms with E-state index in [0.29, 0.717) is 6.54 Å². The lowest BCUT2D eigenvalue weighted by molar-refractivity contribution is -0.145. The van der Waals surface area contributed by atoms with E-state index in [1.807, 2.05) is 20.8 Å². The third-order valence-corrected chi connectivity index (χ3v) is 3.62. The van der Waals surface area contributed by atoms with E-state index < -0.39 is 29.1 Å². The number of rotatable bonds is 1. The normalized spacial score (nSPS) is 27.1. The zero-order valence-corrected chi connectivity index (χ0v) is 12.0. The molecule has 2 atom stereocenters. The van der Waals surface area contributed by atoms with Crippen LogP contribution in [-0.2, 0) is 9.53 Å². The molecule has 104 valence electrons. The third kappa shape index (κ3) is 2.76. The minimum atomic E-state index is -0.977. The molecule has 1 aliphatic heterocycles. The van der Waals surface area contributed by atoms with E-state index in [1.54, 1.807) is 20.8 Å². The summed E-state index contributed by atoms with van der Waals surface area (Å²) in [7, 11) is 0. The van der Waals surface area contributed by atoms with Gasteiger partial charge in [0.05, 0.1) is 0 Å². The Morgan fingerprint density at radius 1 is 1.33 bits per heavy atom. The molecule has 0 aromatic rings. The van der Waals surface area contributed by atoms with Crippen LogP contribution in [-0.4, -0.2) is 40.3 Å². The average Bonchev–Trinajstić information content (AvgIpc) is 2.35. The third-order valence-electron chi connectivity index (χ3n) is 3.62. The van der Waals surface area contributed by atoms with E-state index in [-0.39, 0.29) is 5.92 Å². The maximum absolute atomic E-state index is 12.0. The molecule has 1 N–H and O–H groups in total. The van der Waals surface area contributed by atoms with Crippen LogP contribution in [0.1, 0.15) is 41.5 Å². The Labute approximate surface area is 108 Å². The van der Waals surface area contributed by atoms with E-state index in [0.717, 1.165) is 0 Å². The van der Waals surface area contributed by atoms with Crippen LogP contribution in [0.25, 0.3) is 0 Å². The lowest BCUT2D eigenvalue weighted by Gasteiger charge is -2.31. The van der Waals surface area contributed by atoms with Gasteiger partial charge in [0.15, 0.2) is 0 Å². The molecule has 0 bridgehead atoms. The van der Waals surface area contributed by atoms with Crippen LogP contribution in [0.15, 0.2) is 0 Å². The van der Waals surface area contributed by atoms with E-state index in [2.05, 4.69) is 0 Å². The molecule has 0 aliphatic carbocycles. The highest BCUT2D eigenvalue weighted by Gasteiger charge is 2.52. The lowest BCUT2D eigenvalue weighted by Crippen LogP contribution is -2.48. The van der Waals surface area contributed by atoms with Crippen molar-refractivity contribution in [2.45, 2.75) is 53.2 Å². The number of hydrogen-bond donors (Lipinski definition) is 1. The van der Waals surface area contributed by atoms with Gasteiger partial charge in [-0.2, -0.15) is 0 Å². The highest BCUT2D eigenvalue weighted by atomic mass is 16.6. The fraction of sp³-hybridized carbons (Fsp3) is 0.846. The van der Waals surface area contributed by atoms with Crippen LogP contribution in [0.3, 0.4) is 0 Å². The predicted octanol–water partition coefficient (Wildman–Crippen LogP) is 2.35. The Morgan fingerprint density at radius 2 is 1.83 bits per heavy atom. The molecule has 1 fully saturated rings. The number of hydrogen-bond acceptors (Lipinski definition) is 3. The van der Waals surface area contributed by atoms with Crippen molar-refractivity contribution in [1.29, 1.82) is 0 Å². The molecule has 0 aromatic heterocycles. The molecular weight excluding hydrogens is 234 g/mol. The van der Waals surface area contributed by atoms with Gasteiger partial charge in [0.1, 0.15) is 11.6 Å². The van der Waals surface area contributed by atoms with Gasteiger partial charge >= 0.3 is 12.1 Å². The fourth-order valence-electron chi connectivity index (χ4n) is 2.26. The molecule has 5 nitrogen and oxygen atoms in total. The van der Waals surface area contributed by atoms with Gasteiger partial charge in [-0.3, -0.25) is 4.90 Å². The summed E-state index contributed by atoms with van der Waals surface area (Å²) in [6.45, 7) is 11.4. The van der Waals surface area contributed by atoms with E-state index in [9.17, 15) is 14.7 Å². The zero-order valence-electron chi connectivity index (χ0n) is 12.0. The van der Waals surface area contributed by atoms with Gasteiger partial charge in [-0.15, -0.1) is 0 Å². The van der Waals surface area contributed by atoms with Crippen molar-refractivity contribution in [2.75, 3.05) is 6.54 Å². The maximum atomic E-state index is 12.0. The average molecular weight is 257 g/mol. The van der Waals surface area contributed by atoms with Gasteiger partial charge in [0, 0.05) is 12.0 Å². The highest BCUT2D eigenvalue weighted by Crippen LogP contribution is 2.41. The smallest absolute Gasteiger partial charge is 0.411 e. The number of carboxylic acid groups (broad SMARTS) is 1. The number of carbonyl (C=O) groups excluding carboxylic acids is 1. The molecule has 0 aromatic carbocycles. The van der Waals surface area contributed by atoms with Crippen LogP contribution < -0.4 is 0 Å². The fourth-order valence-corrected chi connectivity index (χ4v) is 2.26. The Balaban J connectivity index is 2.96. The molecule has 2 unspecified atom stereocenters. The standard InChI is InChI=1S/C13H23NO4/c1-8-7-14(11(17)18-12(2,3)4)9(10(15)16)13(8,5)6/h8-9H,7H2,1-6H3,(H,15,16). The summed E-state index contributed by atoms with van der Waals surface area (Å²) in [6, 6.07) is -0.831. The first-order valence-electron chi connectivity index (χ1n) is 6.19. The molecule has 5 heteroatoms. The van der Waals surface area contributed by atoms with Crippen molar-refractivity contribution in [3.8, 4) is 0 Å². The number of aliphatic carboxylic acids is 1. The molecule has 1 rings (SSSR count). The molecule has 0 spiro atoms. The lowest BCUT2D eigenvalue weighted by atomic mass is 9.77. The maximum Gasteiger partial charge on any atom is 0.411 e. The van der Waals surface area contributed by atoms with Crippen molar-refractivity contribution < 1.29 is 19.4 Å². The first-order valence-corrected chi connectivity index (χ1v) is 6.19. The number of carboxylic acids is 1. The van der Waals surface area contributed by atoms with Crippen molar-refractivity contribution in [3.63, 3.8) is 0 Å². The summed E-state index contributed by atoms with van der Waals surface area (Å²) < 4.78 is 5.27. The van der Waals surface area contributed by atoms with Gasteiger partial charge in [0.25, 0.3) is 0 Å². The Hall–Kier alpha value is -1.26. The van der Waals surface area contributed by atoms with Crippen molar-refractivity contribution in [1.82, 2.24) is 4.90 Å². The summed E-state index contributed by atoms with van der Waals surface area (Å²) in [4.78, 5) is 24.8. The van der Waals surface area contributed by atoms with Crippen molar-refractivity contribution in [3.05, 3.63) is 0 Å². The first-order chi connectivity index (χ1) is 7.97. The molecule has 1 aliphatic rings. The van der Waals surface area contributed by atoms with E-state index in [4.69, 9.17) is 4.74 Å².